The van der Waals surface area contributed by atoms with Crippen LogP contribution in [0.25, 0.3) is 0 Å². The van der Waals surface area contributed by atoms with Gasteiger partial charge in [-0.3, -0.25) is 14.2 Å². The fourth-order valence-corrected chi connectivity index (χ4v) is 10.8. The quantitative estimate of drug-likeness (QED) is 0.117. The number of rotatable bonds is 9. The number of esters is 1. The first-order valence-electron chi connectivity index (χ1n) is 17.6. The lowest BCUT2D eigenvalue weighted by Gasteiger charge is -2.70. The summed E-state index contributed by atoms with van der Waals surface area (Å²) in [5.41, 5.74) is 3.35. The van der Waals surface area contributed by atoms with E-state index in [2.05, 4.69) is 67.7 Å². The number of aliphatic hydroxyl groups excluding tert-OH is 1. The lowest BCUT2D eigenvalue weighted by molar-refractivity contribution is -0.389. The van der Waals surface area contributed by atoms with Crippen molar-refractivity contribution in [3.05, 3.63) is 67.3 Å². The summed E-state index contributed by atoms with van der Waals surface area (Å²) in [5, 5.41) is 21.4. The Morgan fingerprint density at radius 2 is 1.77 bits per heavy atom. The first-order valence-corrected chi connectivity index (χ1v) is 18.4. The summed E-state index contributed by atoms with van der Waals surface area (Å²) in [5.74, 6) is -0.321. The van der Waals surface area contributed by atoms with E-state index in [4.69, 9.17) is 4.74 Å². The van der Waals surface area contributed by atoms with Crippen LogP contribution in [-0.2, 0) is 20.9 Å². The zero-order valence-corrected chi connectivity index (χ0v) is 30.9. The van der Waals surface area contributed by atoms with Gasteiger partial charge in [0, 0.05) is 33.5 Å². The predicted molar refractivity (Wildman–Crippen MR) is 187 cm³/mol. The number of carbonyl (C=O) groups excluding carboxylic acids is 2. The van der Waals surface area contributed by atoms with Crippen molar-refractivity contribution in [1.82, 2.24) is 9.55 Å². The molecule has 1 heterocycles. The number of aryl methyl sites for hydroxylation is 1. The number of hydrogen-bond acceptors (Lipinski definition) is 7. The van der Waals surface area contributed by atoms with Crippen molar-refractivity contribution in [1.29, 1.82) is 0 Å². The number of ketones is 1. The summed E-state index contributed by atoms with van der Waals surface area (Å²) in [6.07, 6.45) is 17.8. The van der Waals surface area contributed by atoms with Crippen LogP contribution in [0.4, 0.5) is 5.82 Å². The minimum atomic E-state index is -0.527. The van der Waals surface area contributed by atoms with Crippen molar-refractivity contribution in [2.45, 2.75) is 119 Å². The molecule has 0 bridgehead atoms. The average Bonchev–Trinajstić information content (AvgIpc) is 3.42. The molecule has 10 heteroatoms. The van der Waals surface area contributed by atoms with E-state index >= 15 is 0 Å². The van der Waals surface area contributed by atoms with Crippen LogP contribution in [0.3, 0.4) is 0 Å². The molecule has 0 aliphatic heterocycles. The normalized spacial score (nSPS) is 35.8. The summed E-state index contributed by atoms with van der Waals surface area (Å²) in [7, 11) is 0. The van der Waals surface area contributed by atoms with E-state index in [1.165, 1.54) is 11.8 Å². The van der Waals surface area contributed by atoms with E-state index in [-0.39, 0.29) is 45.0 Å². The van der Waals surface area contributed by atoms with Gasteiger partial charge in [-0.2, -0.15) is 0 Å². The zero-order chi connectivity index (χ0) is 34.9. The third-order valence-electron chi connectivity index (χ3n) is 13.8. The fraction of sp³-hybridized carbons (Fsp3) is 0.658. The van der Waals surface area contributed by atoms with Gasteiger partial charge >= 0.3 is 11.8 Å². The molecule has 0 amide bonds. The summed E-state index contributed by atoms with van der Waals surface area (Å²) >= 11 is 3.29. The maximum atomic E-state index is 13.8. The molecule has 0 unspecified atom stereocenters. The average molecular weight is 725 g/mol. The van der Waals surface area contributed by atoms with Crippen molar-refractivity contribution in [3.63, 3.8) is 0 Å². The van der Waals surface area contributed by atoms with Gasteiger partial charge in [0.2, 0.25) is 5.78 Å². The number of allylic oxidation sites excluding steroid dienone is 7. The molecule has 3 fully saturated rings. The topological polar surface area (TPSA) is 125 Å². The van der Waals surface area contributed by atoms with Gasteiger partial charge in [-0.05, 0) is 127 Å². The molecule has 1 aromatic rings. The molecule has 0 spiro atoms. The molecule has 9 nitrogen and oxygen atoms in total. The minimum Gasteiger partial charge on any atom is -0.504 e. The van der Waals surface area contributed by atoms with E-state index in [1.807, 2.05) is 6.92 Å². The molecule has 5 aliphatic rings. The van der Waals surface area contributed by atoms with Crippen LogP contribution in [0.15, 0.2) is 57.2 Å². The second kappa shape index (κ2) is 12.1. The molecule has 6 rings (SSSR count). The summed E-state index contributed by atoms with van der Waals surface area (Å²) in [6, 6.07) is 0. The highest BCUT2D eigenvalue weighted by Gasteiger charge is 2.67. The monoisotopic (exact) mass is 723 g/mol. The summed E-state index contributed by atoms with van der Waals surface area (Å²) in [6.45, 7) is 14.7. The maximum Gasteiger partial charge on any atom is 0.382 e. The molecule has 0 radical (unpaired) electrons. The van der Waals surface area contributed by atoms with Crippen molar-refractivity contribution in [2.24, 2.45) is 33.0 Å². The smallest absolute Gasteiger partial charge is 0.382 e. The molecular formula is C38H50BrN3O6. The van der Waals surface area contributed by atoms with Crippen molar-refractivity contribution >= 4 is 33.5 Å². The molecule has 3 saturated carbocycles. The Labute approximate surface area is 292 Å². The Kier molecular flexibility index (Phi) is 8.78. The van der Waals surface area contributed by atoms with Gasteiger partial charge in [0.1, 0.15) is 6.20 Å². The molecule has 1 aromatic heterocycles. The van der Waals surface area contributed by atoms with Gasteiger partial charge in [-0.1, -0.05) is 51.8 Å². The van der Waals surface area contributed by atoms with Crippen LogP contribution in [0.1, 0.15) is 112 Å². The number of aromatic nitrogens is 2. The Bertz CT molecular complexity index is 1690. The van der Waals surface area contributed by atoms with E-state index in [0.29, 0.717) is 29.4 Å². The number of imidazole rings is 1. The van der Waals surface area contributed by atoms with Gasteiger partial charge in [-0.25, -0.2) is 0 Å². The summed E-state index contributed by atoms with van der Waals surface area (Å²) in [4.78, 5) is 40.9. The second-order valence-corrected chi connectivity index (χ2v) is 17.2. The van der Waals surface area contributed by atoms with Crippen molar-refractivity contribution in [3.8, 4) is 0 Å². The lowest BCUT2D eigenvalue weighted by atomic mass is 9.34. The van der Waals surface area contributed by atoms with Crippen LogP contribution in [0.5, 0.6) is 0 Å². The number of ether oxygens (including phenoxy) is 1. The largest absolute Gasteiger partial charge is 0.504 e. The van der Waals surface area contributed by atoms with Gasteiger partial charge in [-0.15, -0.1) is 0 Å². The highest BCUT2D eigenvalue weighted by Crippen LogP contribution is 2.75. The van der Waals surface area contributed by atoms with E-state index < -0.39 is 10.3 Å². The minimum absolute atomic E-state index is 0.0183. The third-order valence-corrected chi connectivity index (χ3v) is 14.4. The van der Waals surface area contributed by atoms with Gasteiger partial charge in [0.15, 0.2) is 5.76 Å². The molecule has 48 heavy (non-hydrogen) atoms. The number of hydrogen-bond donors (Lipinski definition) is 1. The van der Waals surface area contributed by atoms with Crippen LogP contribution in [0.2, 0.25) is 0 Å². The molecule has 0 aromatic carbocycles. The number of carbonyl (C=O) groups is 2. The molecule has 1 N–H and O–H groups in total. The Balaban J connectivity index is 1.11. The van der Waals surface area contributed by atoms with Crippen LogP contribution >= 0.6 is 15.9 Å². The fourth-order valence-electron chi connectivity index (χ4n) is 10.3. The van der Waals surface area contributed by atoms with Crippen LogP contribution in [-0.4, -0.2) is 37.9 Å². The first-order chi connectivity index (χ1) is 22.5. The Hall–Kier alpha value is -3.01. The first kappa shape index (κ1) is 34.8. The Morgan fingerprint density at radius 3 is 2.48 bits per heavy atom. The number of halogens is 1. The standard InChI is InChI=1S/C38H50BrN3O6/c1-24-25-11-12-28-36(4,26(25)21-27(43)31(24)44)16-18-38(6)29-22-35(3,14-13-34(29,2)15-17-37(28,38)5)32(45)48-20-10-8-7-9-19-41-23-30(42(46)47)40-33(41)39/h11-12,21,23,29,44H,7-10,13-20,22H2,1-6H3/t29-,34-,35-,36+,37-,38+/m1/s1. The molecule has 5 aliphatic carbocycles. The van der Waals surface area contributed by atoms with E-state index in [0.717, 1.165) is 81.8 Å². The molecule has 6 atom stereocenters. The van der Waals surface area contributed by atoms with Crippen LogP contribution < -0.4 is 0 Å². The molecular weight excluding hydrogens is 674 g/mol. The van der Waals surface area contributed by atoms with E-state index in [9.17, 15) is 24.8 Å². The number of unbranched alkanes of at least 4 members (excludes halogenated alkanes) is 3. The predicted octanol–water partition coefficient (Wildman–Crippen LogP) is 9.28. The zero-order valence-electron chi connectivity index (χ0n) is 29.3. The SMILES string of the molecule is CC1=C(O)C(=O)C=C2C1=CC=C1[C@@]2(C)CC[C@@]2(C)[C@@H]3C[C@](C)(C(=O)OCCCCCCn4cc([N+](=O)[O-])nc4Br)CC[C@]3(C)CC[C@]12C. The number of nitro groups is 1. The highest BCUT2D eigenvalue weighted by atomic mass is 79.9. The third kappa shape index (κ3) is 5.35. The number of nitrogens with zero attached hydrogens (tertiary/aromatic N) is 3. The second-order valence-electron chi connectivity index (χ2n) is 16.5. The lowest BCUT2D eigenvalue weighted by Crippen LogP contribution is -2.62. The van der Waals surface area contributed by atoms with Gasteiger partial charge in [0.05, 0.1) is 12.0 Å². The number of fused-ring (bicyclic) bond motifs is 7. The van der Waals surface area contributed by atoms with Gasteiger partial charge < -0.3 is 20.0 Å². The van der Waals surface area contributed by atoms with Gasteiger partial charge in [0.25, 0.3) is 4.73 Å². The number of aliphatic hydroxyl groups is 1. The van der Waals surface area contributed by atoms with Crippen molar-refractivity contribution < 1.29 is 24.4 Å². The molecule has 0 saturated heterocycles. The van der Waals surface area contributed by atoms with E-state index in [1.54, 1.807) is 10.6 Å². The maximum absolute atomic E-state index is 13.8. The Morgan fingerprint density at radius 1 is 1.06 bits per heavy atom. The summed E-state index contributed by atoms with van der Waals surface area (Å²) < 4.78 is 8.18. The van der Waals surface area contributed by atoms with Crippen molar-refractivity contribution in [2.75, 3.05) is 6.61 Å². The van der Waals surface area contributed by atoms with Crippen LogP contribution in [0, 0.1) is 43.1 Å². The highest BCUT2D eigenvalue weighted by molar-refractivity contribution is 9.10. The molecule has 260 valence electrons.